The van der Waals surface area contributed by atoms with Crippen molar-refractivity contribution in [3.63, 3.8) is 0 Å². The molecule has 0 amide bonds. The second kappa shape index (κ2) is 4.58. The quantitative estimate of drug-likeness (QED) is 0.811. The zero-order valence-electron chi connectivity index (χ0n) is 10.7. The van der Waals surface area contributed by atoms with Crippen LogP contribution in [0.4, 0.5) is 0 Å². The minimum atomic E-state index is 0.414. The maximum atomic E-state index is 3.73. The van der Waals surface area contributed by atoms with Crippen LogP contribution in [0.3, 0.4) is 0 Å². The Morgan fingerprint density at radius 2 is 2.06 bits per heavy atom. The molecule has 0 heterocycles. The first-order chi connectivity index (χ1) is 7.62. The first-order valence-electron chi connectivity index (χ1n) is 6.43. The summed E-state index contributed by atoms with van der Waals surface area (Å²) in [5, 5.41) is 3.73. The highest BCUT2D eigenvalue weighted by atomic mass is 14.9. The zero-order valence-corrected chi connectivity index (χ0v) is 10.7. The Labute approximate surface area is 99.3 Å². The Morgan fingerprint density at radius 3 is 2.81 bits per heavy atom. The Hall–Kier alpha value is -0.820. The van der Waals surface area contributed by atoms with Gasteiger partial charge in [-0.2, -0.15) is 0 Å². The van der Waals surface area contributed by atoms with Gasteiger partial charge in [0, 0.05) is 12.6 Å². The summed E-state index contributed by atoms with van der Waals surface area (Å²) in [6.45, 7) is 8.05. The molecule has 1 N–H and O–H groups in total. The number of hydrogen-bond donors (Lipinski definition) is 1. The van der Waals surface area contributed by atoms with Crippen molar-refractivity contribution in [1.82, 2.24) is 5.32 Å². The minimum absolute atomic E-state index is 0.414. The molecule has 1 aromatic carbocycles. The molecule has 0 aliphatic heterocycles. The van der Waals surface area contributed by atoms with E-state index in [1.165, 1.54) is 30.4 Å². The molecule has 1 nitrogen and oxygen atoms in total. The van der Waals surface area contributed by atoms with Gasteiger partial charge < -0.3 is 5.32 Å². The van der Waals surface area contributed by atoms with Crippen molar-refractivity contribution in [2.24, 2.45) is 5.41 Å². The van der Waals surface area contributed by atoms with Crippen LogP contribution in [0.25, 0.3) is 0 Å². The predicted octanol–water partition coefficient (Wildman–Crippen LogP) is 3.70. The fraction of sp³-hybridized carbons (Fsp3) is 0.600. The molecule has 1 heteroatoms. The number of nitrogens with one attached hydrogen (secondary N) is 1. The van der Waals surface area contributed by atoms with E-state index in [9.17, 15) is 0 Å². The molecule has 1 aromatic rings. The van der Waals surface area contributed by atoms with Crippen molar-refractivity contribution < 1.29 is 0 Å². The molecule has 0 spiro atoms. The summed E-state index contributed by atoms with van der Waals surface area (Å²) in [5.74, 6) is 0. The standard InChI is InChI=1S/C15H23N/c1-4-15(2,3)11-16-14-10-9-12-7-5-6-8-13(12)14/h5-8,14,16H,4,9-11H2,1-3H3. The average molecular weight is 217 g/mol. The van der Waals surface area contributed by atoms with E-state index < -0.39 is 0 Å². The number of benzene rings is 1. The van der Waals surface area contributed by atoms with Gasteiger partial charge in [0.25, 0.3) is 0 Å². The fourth-order valence-corrected chi connectivity index (χ4v) is 2.29. The lowest BCUT2D eigenvalue weighted by Gasteiger charge is -2.26. The van der Waals surface area contributed by atoms with E-state index in [-0.39, 0.29) is 0 Å². The third kappa shape index (κ3) is 2.46. The van der Waals surface area contributed by atoms with Crippen molar-refractivity contribution >= 4 is 0 Å². The SMILES string of the molecule is CCC(C)(C)CNC1CCc2ccccc21. The third-order valence-corrected chi connectivity index (χ3v) is 3.92. The molecule has 1 aliphatic carbocycles. The van der Waals surface area contributed by atoms with E-state index in [2.05, 4.69) is 50.4 Å². The number of hydrogen-bond acceptors (Lipinski definition) is 1. The molecule has 1 aliphatic rings. The first-order valence-corrected chi connectivity index (χ1v) is 6.43. The van der Waals surface area contributed by atoms with Gasteiger partial charge in [-0.25, -0.2) is 0 Å². The summed E-state index contributed by atoms with van der Waals surface area (Å²) in [6, 6.07) is 9.43. The second-order valence-electron chi connectivity index (χ2n) is 5.69. The summed E-state index contributed by atoms with van der Waals surface area (Å²) in [7, 11) is 0. The largest absolute Gasteiger partial charge is 0.309 e. The molecule has 16 heavy (non-hydrogen) atoms. The molecule has 0 bridgehead atoms. The molecule has 0 fully saturated rings. The summed E-state index contributed by atoms with van der Waals surface area (Å²) >= 11 is 0. The lowest BCUT2D eigenvalue weighted by Crippen LogP contribution is -2.31. The molecule has 1 atom stereocenters. The number of fused-ring (bicyclic) bond motifs is 1. The average Bonchev–Trinajstić information content (AvgIpc) is 2.70. The van der Waals surface area contributed by atoms with Crippen LogP contribution in [-0.2, 0) is 6.42 Å². The van der Waals surface area contributed by atoms with E-state index in [1.807, 2.05) is 0 Å². The zero-order chi connectivity index (χ0) is 11.6. The highest BCUT2D eigenvalue weighted by molar-refractivity contribution is 5.34. The van der Waals surface area contributed by atoms with Gasteiger partial charge in [0.1, 0.15) is 0 Å². The Morgan fingerprint density at radius 1 is 1.31 bits per heavy atom. The van der Waals surface area contributed by atoms with Crippen molar-refractivity contribution in [3.8, 4) is 0 Å². The highest BCUT2D eigenvalue weighted by Crippen LogP contribution is 2.31. The van der Waals surface area contributed by atoms with Crippen LogP contribution in [0.5, 0.6) is 0 Å². The van der Waals surface area contributed by atoms with Gasteiger partial charge >= 0.3 is 0 Å². The van der Waals surface area contributed by atoms with Gasteiger partial charge in [-0.1, -0.05) is 45.0 Å². The molecule has 88 valence electrons. The van der Waals surface area contributed by atoms with Crippen LogP contribution >= 0.6 is 0 Å². The molecule has 2 rings (SSSR count). The lowest BCUT2D eigenvalue weighted by atomic mass is 9.90. The molecule has 0 saturated carbocycles. The first kappa shape index (κ1) is 11.7. The van der Waals surface area contributed by atoms with E-state index in [4.69, 9.17) is 0 Å². The molecular weight excluding hydrogens is 194 g/mol. The van der Waals surface area contributed by atoms with Gasteiger partial charge in [-0.15, -0.1) is 0 Å². The predicted molar refractivity (Wildman–Crippen MR) is 69.6 cm³/mol. The Kier molecular flexibility index (Phi) is 3.34. The molecule has 1 unspecified atom stereocenters. The lowest BCUT2D eigenvalue weighted by molar-refractivity contribution is 0.309. The van der Waals surface area contributed by atoms with Crippen LogP contribution < -0.4 is 5.32 Å². The maximum Gasteiger partial charge on any atom is 0.0326 e. The van der Waals surface area contributed by atoms with Crippen LogP contribution in [-0.4, -0.2) is 6.54 Å². The van der Waals surface area contributed by atoms with Crippen LogP contribution in [0.1, 0.15) is 50.8 Å². The van der Waals surface area contributed by atoms with Crippen molar-refractivity contribution in [2.45, 2.75) is 46.1 Å². The maximum absolute atomic E-state index is 3.73. The van der Waals surface area contributed by atoms with Crippen LogP contribution in [0, 0.1) is 5.41 Å². The van der Waals surface area contributed by atoms with Gasteiger partial charge in [0.2, 0.25) is 0 Å². The van der Waals surface area contributed by atoms with Crippen molar-refractivity contribution in [2.75, 3.05) is 6.54 Å². The van der Waals surface area contributed by atoms with Crippen molar-refractivity contribution in [3.05, 3.63) is 35.4 Å². The van der Waals surface area contributed by atoms with Crippen LogP contribution in [0.15, 0.2) is 24.3 Å². The molecule has 0 aromatic heterocycles. The van der Waals surface area contributed by atoms with Gasteiger partial charge in [-0.3, -0.25) is 0 Å². The number of aryl methyl sites for hydroxylation is 1. The van der Waals surface area contributed by atoms with Gasteiger partial charge in [0.15, 0.2) is 0 Å². The van der Waals surface area contributed by atoms with E-state index in [0.29, 0.717) is 11.5 Å². The monoisotopic (exact) mass is 217 g/mol. The summed E-state index contributed by atoms with van der Waals surface area (Å²) in [6.07, 6.45) is 3.73. The third-order valence-electron chi connectivity index (χ3n) is 3.92. The second-order valence-corrected chi connectivity index (χ2v) is 5.69. The Balaban J connectivity index is 1.99. The van der Waals surface area contributed by atoms with Crippen molar-refractivity contribution in [1.29, 1.82) is 0 Å². The normalized spacial score (nSPS) is 19.8. The minimum Gasteiger partial charge on any atom is -0.309 e. The van der Waals surface area contributed by atoms with Crippen LogP contribution in [0.2, 0.25) is 0 Å². The van der Waals surface area contributed by atoms with E-state index >= 15 is 0 Å². The molecular formula is C15H23N. The molecule has 0 radical (unpaired) electrons. The topological polar surface area (TPSA) is 12.0 Å². The summed E-state index contributed by atoms with van der Waals surface area (Å²) in [5.41, 5.74) is 3.47. The fourth-order valence-electron chi connectivity index (χ4n) is 2.29. The molecule has 0 saturated heterocycles. The van der Waals surface area contributed by atoms with E-state index in [1.54, 1.807) is 0 Å². The smallest absolute Gasteiger partial charge is 0.0326 e. The van der Waals surface area contributed by atoms with E-state index in [0.717, 1.165) is 6.54 Å². The summed E-state index contributed by atoms with van der Waals surface area (Å²) in [4.78, 5) is 0. The summed E-state index contributed by atoms with van der Waals surface area (Å²) < 4.78 is 0. The van der Waals surface area contributed by atoms with Gasteiger partial charge in [-0.05, 0) is 35.8 Å². The number of rotatable bonds is 4. The Bertz CT molecular complexity index is 354. The van der Waals surface area contributed by atoms with Gasteiger partial charge in [0.05, 0.1) is 0 Å². The highest BCUT2D eigenvalue weighted by Gasteiger charge is 2.23.